The van der Waals surface area contributed by atoms with E-state index in [9.17, 15) is 9.90 Å². The maximum Gasteiger partial charge on any atom is 3.00 e. The molecule has 1 aromatic heterocycles. The van der Waals surface area contributed by atoms with Crippen LogP contribution in [-0.2, 0) is 0 Å². The van der Waals surface area contributed by atoms with Crippen LogP contribution in [-0.4, -0.2) is 27.5 Å². The standard InChI is InChI=1S/C9H7NO2.Al/c11-7-3-1-2-6-4-5-8(12)10-9(6)7;/h1-5,11H,(H,10,12);/q;+3. The van der Waals surface area contributed by atoms with Gasteiger partial charge >= 0.3 is 17.4 Å². The molecule has 2 N–H and O–H groups in total. The average Bonchev–Trinajstić information content (AvgIpc) is 2.07. The van der Waals surface area contributed by atoms with E-state index in [-0.39, 0.29) is 28.7 Å². The van der Waals surface area contributed by atoms with Crippen molar-refractivity contribution in [3.8, 4) is 5.75 Å². The molecule has 2 aromatic rings. The maximum atomic E-state index is 10.9. The van der Waals surface area contributed by atoms with Crippen molar-refractivity contribution in [3.63, 3.8) is 0 Å². The van der Waals surface area contributed by atoms with Crippen molar-refractivity contribution in [1.29, 1.82) is 0 Å². The molecular weight excluding hydrogens is 181 g/mol. The van der Waals surface area contributed by atoms with Gasteiger partial charge in [-0.1, -0.05) is 12.1 Å². The summed E-state index contributed by atoms with van der Waals surface area (Å²) < 4.78 is 0. The first-order valence-corrected chi connectivity index (χ1v) is 3.58. The van der Waals surface area contributed by atoms with Crippen LogP contribution in [0.15, 0.2) is 35.1 Å². The first-order chi connectivity index (χ1) is 5.77. The molecule has 2 rings (SSSR count). The molecule has 0 bridgehead atoms. The van der Waals surface area contributed by atoms with E-state index in [2.05, 4.69) is 4.98 Å². The Kier molecular flexibility index (Phi) is 2.77. The van der Waals surface area contributed by atoms with Crippen LogP contribution in [0.4, 0.5) is 0 Å². The molecule has 1 heterocycles. The second kappa shape index (κ2) is 3.65. The van der Waals surface area contributed by atoms with Crippen molar-refractivity contribution >= 4 is 28.3 Å². The van der Waals surface area contributed by atoms with Gasteiger partial charge in [-0.15, -0.1) is 0 Å². The Balaban J connectivity index is 0.000000845. The minimum atomic E-state index is -0.205. The molecule has 1 aromatic carbocycles. The van der Waals surface area contributed by atoms with Crippen molar-refractivity contribution in [1.82, 2.24) is 4.98 Å². The van der Waals surface area contributed by atoms with Gasteiger partial charge in [0, 0.05) is 11.5 Å². The molecule has 0 aliphatic carbocycles. The Morgan fingerprint density at radius 1 is 1.15 bits per heavy atom. The normalized spacial score (nSPS) is 9.54. The molecule has 0 aliphatic rings. The third-order valence-electron chi connectivity index (χ3n) is 1.74. The van der Waals surface area contributed by atoms with E-state index in [1.807, 2.05) is 6.07 Å². The van der Waals surface area contributed by atoms with Crippen LogP contribution in [0, 0.1) is 0 Å². The van der Waals surface area contributed by atoms with Crippen LogP contribution >= 0.6 is 0 Å². The molecule has 4 heteroatoms. The number of aromatic hydroxyl groups is 1. The fraction of sp³-hybridized carbons (Fsp3) is 0. The fourth-order valence-corrected chi connectivity index (χ4v) is 1.16. The van der Waals surface area contributed by atoms with Gasteiger partial charge in [0.25, 0.3) is 0 Å². The zero-order valence-electron chi connectivity index (χ0n) is 6.82. The number of nitrogens with one attached hydrogen (secondary N) is 1. The summed E-state index contributed by atoms with van der Waals surface area (Å²) >= 11 is 0. The van der Waals surface area contributed by atoms with Gasteiger partial charge in [0.15, 0.2) is 0 Å². The summed E-state index contributed by atoms with van der Waals surface area (Å²) in [5.41, 5.74) is 0.286. The summed E-state index contributed by atoms with van der Waals surface area (Å²) in [6, 6.07) is 8.20. The van der Waals surface area contributed by atoms with Crippen LogP contribution in [0.5, 0.6) is 5.75 Å². The van der Waals surface area contributed by atoms with Crippen LogP contribution in [0.25, 0.3) is 10.9 Å². The number of hydrogen-bond acceptors (Lipinski definition) is 2. The predicted molar refractivity (Wildman–Crippen MR) is 52.0 cm³/mol. The molecule has 0 unspecified atom stereocenters. The monoisotopic (exact) mass is 188 g/mol. The third kappa shape index (κ3) is 1.74. The van der Waals surface area contributed by atoms with Crippen LogP contribution in [0.2, 0.25) is 0 Å². The molecule has 0 aliphatic heterocycles. The second-order valence-electron chi connectivity index (χ2n) is 2.56. The molecule has 60 valence electrons. The van der Waals surface area contributed by atoms with E-state index in [1.54, 1.807) is 12.1 Å². The largest absolute Gasteiger partial charge is 3.00 e. The molecule has 0 spiro atoms. The number of H-pyrrole nitrogens is 1. The third-order valence-corrected chi connectivity index (χ3v) is 1.74. The first kappa shape index (κ1) is 9.85. The maximum absolute atomic E-state index is 10.9. The number of phenolic OH excluding ortho intramolecular Hbond substituents is 1. The van der Waals surface area contributed by atoms with E-state index in [0.29, 0.717) is 5.52 Å². The summed E-state index contributed by atoms with van der Waals surface area (Å²) in [5, 5.41) is 10.2. The topological polar surface area (TPSA) is 53.1 Å². The summed E-state index contributed by atoms with van der Waals surface area (Å²) in [6.45, 7) is 0. The van der Waals surface area contributed by atoms with Crippen molar-refractivity contribution in [3.05, 3.63) is 40.7 Å². The molecule has 0 amide bonds. The Hall–Kier alpha value is -1.24. The predicted octanol–water partition coefficient (Wildman–Crippen LogP) is 0.853. The Labute approximate surface area is 85.2 Å². The fourth-order valence-electron chi connectivity index (χ4n) is 1.16. The number of para-hydroxylation sites is 1. The molecule has 0 radical (unpaired) electrons. The van der Waals surface area contributed by atoms with E-state index < -0.39 is 0 Å². The summed E-state index contributed by atoms with van der Waals surface area (Å²) in [5.74, 6) is 0.102. The van der Waals surface area contributed by atoms with Crippen LogP contribution in [0.1, 0.15) is 0 Å². The molecule has 3 nitrogen and oxygen atoms in total. The zero-order chi connectivity index (χ0) is 8.55. The molecule has 0 saturated carbocycles. The van der Waals surface area contributed by atoms with Gasteiger partial charge in [0.2, 0.25) is 5.56 Å². The summed E-state index contributed by atoms with van der Waals surface area (Å²) in [7, 11) is 0. The number of aromatic nitrogens is 1. The zero-order valence-corrected chi connectivity index (χ0v) is 7.97. The van der Waals surface area contributed by atoms with E-state index >= 15 is 0 Å². The number of rotatable bonds is 0. The molecule has 13 heavy (non-hydrogen) atoms. The van der Waals surface area contributed by atoms with E-state index in [4.69, 9.17) is 0 Å². The van der Waals surface area contributed by atoms with Crippen molar-refractivity contribution < 1.29 is 5.11 Å². The minimum Gasteiger partial charge on any atom is -0.506 e. The van der Waals surface area contributed by atoms with Crippen LogP contribution < -0.4 is 5.56 Å². The van der Waals surface area contributed by atoms with Crippen LogP contribution in [0.3, 0.4) is 0 Å². The number of benzene rings is 1. The van der Waals surface area contributed by atoms with Crippen molar-refractivity contribution in [2.75, 3.05) is 0 Å². The smallest absolute Gasteiger partial charge is 0.506 e. The van der Waals surface area contributed by atoms with Crippen molar-refractivity contribution in [2.45, 2.75) is 0 Å². The Morgan fingerprint density at radius 3 is 2.69 bits per heavy atom. The SMILES string of the molecule is O=c1ccc2cccc(O)c2[nH]1.[Al+3]. The number of hydrogen-bond donors (Lipinski definition) is 2. The minimum absolute atomic E-state index is 0. The second-order valence-corrected chi connectivity index (χ2v) is 2.56. The molecule has 0 saturated heterocycles. The number of aromatic amines is 1. The van der Waals surface area contributed by atoms with Crippen molar-refractivity contribution in [2.24, 2.45) is 0 Å². The van der Waals surface area contributed by atoms with E-state index in [0.717, 1.165) is 5.39 Å². The van der Waals surface area contributed by atoms with Gasteiger partial charge in [-0.2, -0.15) is 0 Å². The van der Waals surface area contributed by atoms with Gasteiger partial charge in [-0.3, -0.25) is 4.79 Å². The van der Waals surface area contributed by atoms with Gasteiger partial charge in [-0.25, -0.2) is 0 Å². The van der Waals surface area contributed by atoms with Gasteiger partial charge in [0.05, 0.1) is 5.52 Å². The first-order valence-electron chi connectivity index (χ1n) is 3.58. The van der Waals surface area contributed by atoms with Gasteiger partial charge < -0.3 is 10.1 Å². The number of phenols is 1. The Morgan fingerprint density at radius 2 is 1.92 bits per heavy atom. The number of fused-ring (bicyclic) bond motifs is 1. The molecule has 0 atom stereocenters. The molecular formula is C9H7AlNO2+3. The summed E-state index contributed by atoms with van der Waals surface area (Å²) in [6.07, 6.45) is 0. The number of pyridine rings is 1. The molecule has 0 fully saturated rings. The summed E-state index contributed by atoms with van der Waals surface area (Å²) in [4.78, 5) is 13.4. The average molecular weight is 188 g/mol. The van der Waals surface area contributed by atoms with Gasteiger partial charge in [0.1, 0.15) is 5.75 Å². The quantitative estimate of drug-likeness (QED) is 0.602. The Bertz CT molecular complexity index is 478. The van der Waals surface area contributed by atoms with Gasteiger partial charge in [-0.05, 0) is 12.1 Å². The van der Waals surface area contributed by atoms with E-state index in [1.165, 1.54) is 12.1 Å².